The second kappa shape index (κ2) is 4.59. The summed E-state index contributed by atoms with van der Waals surface area (Å²) in [4.78, 5) is 20.3. The number of pyridine rings is 1. The summed E-state index contributed by atoms with van der Waals surface area (Å²) in [6.45, 7) is 2.66. The van der Waals surface area contributed by atoms with Crippen molar-refractivity contribution < 1.29 is 9.90 Å². The third kappa shape index (κ3) is 1.79. The van der Waals surface area contributed by atoms with E-state index in [0.717, 1.165) is 34.1 Å². The Morgan fingerprint density at radius 1 is 1.23 bits per heavy atom. The molecule has 5 nitrogen and oxygen atoms in total. The first-order valence-electron chi connectivity index (χ1n) is 7.23. The number of amides is 1. The highest BCUT2D eigenvalue weighted by Gasteiger charge is 2.26. The molecule has 110 valence electrons. The summed E-state index contributed by atoms with van der Waals surface area (Å²) in [5.74, 6) is 0.109. The molecule has 0 spiro atoms. The molecule has 0 atom stereocenters. The Kier molecular flexibility index (Phi) is 2.69. The van der Waals surface area contributed by atoms with Gasteiger partial charge in [0.1, 0.15) is 11.4 Å². The molecule has 0 aliphatic carbocycles. The lowest BCUT2D eigenvalue weighted by Gasteiger charge is -2.20. The van der Waals surface area contributed by atoms with Crippen LogP contribution in [0.5, 0.6) is 5.75 Å². The van der Waals surface area contributed by atoms with Gasteiger partial charge in [-0.25, -0.2) is 4.98 Å². The number of aromatic hydroxyl groups is 1. The van der Waals surface area contributed by atoms with E-state index in [-0.39, 0.29) is 11.7 Å². The van der Waals surface area contributed by atoms with Crippen LogP contribution in [0, 0.1) is 6.92 Å². The van der Waals surface area contributed by atoms with Crippen molar-refractivity contribution in [3.8, 4) is 17.0 Å². The lowest BCUT2D eigenvalue weighted by molar-refractivity contribution is 0.0947. The molecule has 1 aliphatic rings. The Bertz CT molecular complexity index is 894. The normalized spacial score (nSPS) is 14.0. The number of aromatic nitrogens is 2. The van der Waals surface area contributed by atoms with Crippen LogP contribution in [0.25, 0.3) is 22.3 Å². The molecule has 0 saturated heterocycles. The predicted octanol–water partition coefficient (Wildman–Crippen LogP) is 2.53. The molecule has 3 N–H and O–H groups in total. The van der Waals surface area contributed by atoms with Gasteiger partial charge < -0.3 is 15.4 Å². The Hall–Kier alpha value is -2.82. The van der Waals surface area contributed by atoms with Gasteiger partial charge in [-0.1, -0.05) is 0 Å². The van der Waals surface area contributed by atoms with Gasteiger partial charge in [0.15, 0.2) is 0 Å². The largest absolute Gasteiger partial charge is 0.508 e. The fourth-order valence-electron chi connectivity index (χ4n) is 3.12. The summed E-state index contributed by atoms with van der Waals surface area (Å²) in [7, 11) is 0. The van der Waals surface area contributed by atoms with Gasteiger partial charge in [-0.2, -0.15) is 0 Å². The van der Waals surface area contributed by atoms with Gasteiger partial charge in [-0.15, -0.1) is 0 Å². The molecule has 0 unspecified atom stereocenters. The van der Waals surface area contributed by atoms with Crippen molar-refractivity contribution in [2.45, 2.75) is 13.3 Å². The number of nitrogens with one attached hydrogen (secondary N) is 2. The Morgan fingerprint density at radius 2 is 2.00 bits per heavy atom. The van der Waals surface area contributed by atoms with Crippen molar-refractivity contribution in [2.75, 3.05) is 6.54 Å². The van der Waals surface area contributed by atoms with E-state index in [1.54, 1.807) is 24.3 Å². The van der Waals surface area contributed by atoms with E-state index in [4.69, 9.17) is 0 Å². The van der Waals surface area contributed by atoms with Crippen molar-refractivity contribution >= 4 is 16.9 Å². The first kappa shape index (κ1) is 12.9. The summed E-state index contributed by atoms with van der Waals surface area (Å²) in [5.41, 5.74) is 5.07. The van der Waals surface area contributed by atoms with Crippen LogP contribution < -0.4 is 5.32 Å². The lowest BCUT2D eigenvalue weighted by atomic mass is 9.92. The highest BCUT2D eigenvalue weighted by Crippen LogP contribution is 2.33. The van der Waals surface area contributed by atoms with Crippen LogP contribution in [0.1, 0.15) is 21.5 Å². The maximum absolute atomic E-state index is 12.4. The fraction of sp³-hybridized carbons (Fsp3) is 0.176. The Labute approximate surface area is 127 Å². The topological polar surface area (TPSA) is 78.0 Å². The van der Waals surface area contributed by atoms with Crippen molar-refractivity contribution in [2.24, 2.45) is 0 Å². The van der Waals surface area contributed by atoms with Gasteiger partial charge in [0.25, 0.3) is 5.91 Å². The highest BCUT2D eigenvalue weighted by atomic mass is 16.3. The second-order valence-corrected chi connectivity index (χ2v) is 5.56. The molecule has 2 aromatic heterocycles. The van der Waals surface area contributed by atoms with E-state index in [9.17, 15) is 9.90 Å². The lowest BCUT2D eigenvalue weighted by Crippen LogP contribution is -2.33. The van der Waals surface area contributed by atoms with Crippen LogP contribution in [-0.2, 0) is 6.42 Å². The molecule has 4 rings (SSSR count). The van der Waals surface area contributed by atoms with Crippen LogP contribution >= 0.6 is 0 Å². The maximum Gasteiger partial charge on any atom is 0.253 e. The number of phenolic OH excluding ortho intramolecular Hbond substituents is 1. The molecular formula is C17H15N3O2. The summed E-state index contributed by atoms with van der Waals surface area (Å²) in [6.07, 6.45) is 2.72. The summed E-state index contributed by atoms with van der Waals surface area (Å²) < 4.78 is 0. The molecule has 0 saturated carbocycles. The minimum atomic E-state index is -0.0840. The summed E-state index contributed by atoms with van der Waals surface area (Å²) in [5, 5.41) is 13.4. The smallest absolute Gasteiger partial charge is 0.253 e. The van der Waals surface area contributed by atoms with Crippen molar-refractivity contribution in [1.82, 2.24) is 15.3 Å². The zero-order chi connectivity index (χ0) is 15.3. The average Bonchev–Trinajstić information content (AvgIpc) is 2.89. The number of hydrogen-bond donors (Lipinski definition) is 3. The third-order valence-electron chi connectivity index (χ3n) is 4.15. The number of benzene rings is 1. The fourth-order valence-corrected chi connectivity index (χ4v) is 3.12. The number of aromatic amines is 1. The molecule has 1 aromatic carbocycles. The van der Waals surface area contributed by atoms with Crippen LogP contribution in [0.4, 0.5) is 0 Å². The predicted molar refractivity (Wildman–Crippen MR) is 84.0 cm³/mol. The number of phenols is 1. The standard InChI is InChI=1S/C17H15N3O2/c1-9-8-19-16-13(9)12-6-7-18-17(22)14(12)15(20-16)10-2-4-11(21)5-3-10/h2-5,8,21H,6-7H2,1H3,(H,18,22)(H,19,20). The second-order valence-electron chi connectivity index (χ2n) is 5.56. The molecule has 0 fully saturated rings. The van der Waals surface area contributed by atoms with Crippen LogP contribution in [-0.4, -0.2) is 27.5 Å². The SMILES string of the molecule is Cc1c[nH]c2nc(-c3ccc(O)cc3)c3c(c12)CCNC3=O. The summed E-state index contributed by atoms with van der Waals surface area (Å²) in [6, 6.07) is 6.77. The quantitative estimate of drug-likeness (QED) is 0.645. The maximum atomic E-state index is 12.4. The van der Waals surface area contributed by atoms with E-state index < -0.39 is 0 Å². The molecule has 1 aliphatic heterocycles. The average molecular weight is 293 g/mol. The molecule has 1 amide bonds. The Balaban J connectivity index is 2.08. The molecule has 3 heterocycles. The minimum Gasteiger partial charge on any atom is -0.508 e. The molecular weight excluding hydrogens is 278 g/mol. The van der Waals surface area contributed by atoms with Crippen molar-refractivity contribution in [1.29, 1.82) is 0 Å². The summed E-state index contributed by atoms with van der Waals surface area (Å²) >= 11 is 0. The van der Waals surface area contributed by atoms with Gasteiger partial charge >= 0.3 is 0 Å². The van der Waals surface area contributed by atoms with E-state index >= 15 is 0 Å². The van der Waals surface area contributed by atoms with Crippen LogP contribution in [0.2, 0.25) is 0 Å². The highest BCUT2D eigenvalue weighted by molar-refractivity contribution is 6.07. The van der Waals surface area contributed by atoms with Crippen molar-refractivity contribution in [3.63, 3.8) is 0 Å². The van der Waals surface area contributed by atoms with Gasteiger partial charge in [0, 0.05) is 23.7 Å². The van der Waals surface area contributed by atoms with E-state index in [2.05, 4.69) is 15.3 Å². The number of aryl methyl sites for hydroxylation is 1. The van der Waals surface area contributed by atoms with Crippen LogP contribution in [0.15, 0.2) is 30.5 Å². The van der Waals surface area contributed by atoms with E-state index in [0.29, 0.717) is 17.8 Å². The molecule has 5 heteroatoms. The number of nitrogens with zero attached hydrogens (tertiary/aromatic N) is 1. The van der Waals surface area contributed by atoms with Crippen LogP contribution in [0.3, 0.4) is 0 Å². The number of carbonyl (C=O) groups excluding carboxylic acids is 1. The third-order valence-corrected chi connectivity index (χ3v) is 4.15. The number of fused-ring (bicyclic) bond motifs is 3. The van der Waals surface area contributed by atoms with Gasteiger partial charge in [0.2, 0.25) is 0 Å². The van der Waals surface area contributed by atoms with Gasteiger partial charge in [0.05, 0.1) is 11.3 Å². The number of rotatable bonds is 1. The number of H-pyrrole nitrogens is 1. The van der Waals surface area contributed by atoms with Crippen molar-refractivity contribution in [3.05, 3.63) is 47.2 Å². The molecule has 22 heavy (non-hydrogen) atoms. The van der Waals surface area contributed by atoms with E-state index in [1.807, 2.05) is 13.1 Å². The molecule has 3 aromatic rings. The number of carbonyl (C=O) groups is 1. The first-order valence-corrected chi connectivity index (χ1v) is 7.23. The number of hydrogen-bond acceptors (Lipinski definition) is 3. The molecule has 0 radical (unpaired) electrons. The zero-order valence-electron chi connectivity index (χ0n) is 12.1. The van der Waals surface area contributed by atoms with Gasteiger partial charge in [-0.05, 0) is 48.7 Å². The van der Waals surface area contributed by atoms with E-state index in [1.165, 1.54) is 0 Å². The monoisotopic (exact) mass is 293 g/mol. The first-order chi connectivity index (χ1) is 10.6. The Morgan fingerprint density at radius 3 is 2.77 bits per heavy atom. The molecule has 0 bridgehead atoms. The zero-order valence-corrected chi connectivity index (χ0v) is 12.1. The van der Waals surface area contributed by atoms with Gasteiger partial charge in [-0.3, -0.25) is 4.79 Å². The minimum absolute atomic E-state index is 0.0840.